The van der Waals surface area contributed by atoms with E-state index in [0.29, 0.717) is 25.4 Å². The highest BCUT2D eigenvalue weighted by Crippen LogP contribution is 2.27. The Morgan fingerprint density at radius 3 is 2.17 bits per heavy atom. The second kappa shape index (κ2) is 8.28. The number of sulfonamides is 1. The summed E-state index contributed by atoms with van der Waals surface area (Å²) in [4.78, 5) is 2.16. The largest absolute Gasteiger partial charge is 0.495 e. The van der Waals surface area contributed by atoms with Crippen LogP contribution in [-0.4, -0.2) is 51.9 Å². The molecule has 0 aromatic heterocycles. The lowest BCUT2D eigenvalue weighted by atomic mass is 10.2. The van der Waals surface area contributed by atoms with E-state index in [-0.39, 0.29) is 4.90 Å². The zero-order valence-electron chi connectivity index (χ0n) is 14.3. The molecule has 24 heavy (non-hydrogen) atoms. The molecule has 0 aliphatic carbocycles. The number of nitrogens with zero attached hydrogens (tertiary/aromatic N) is 2. The van der Waals surface area contributed by atoms with Gasteiger partial charge in [-0.3, -0.25) is 0 Å². The Bertz CT molecular complexity index is 746. The molecule has 0 unspecified atom stereocenters. The van der Waals surface area contributed by atoms with E-state index >= 15 is 0 Å². The van der Waals surface area contributed by atoms with Crippen LogP contribution in [0.3, 0.4) is 0 Å². The van der Waals surface area contributed by atoms with Gasteiger partial charge in [-0.1, -0.05) is 42.5 Å². The smallest absolute Gasteiger partial charge is 0.247 e. The molecule has 130 valence electrons. The van der Waals surface area contributed by atoms with Crippen LogP contribution in [0.2, 0.25) is 0 Å². The molecule has 2 aromatic carbocycles. The van der Waals surface area contributed by atoms with Gasteiger partial charge < -0.3 is 9.64 Å². The standard InChI is InChI=1S/C18H24N2O3S/c1-19(2)13-14-20(15-16-9-5-4-6-10-16)24(21,22)18-12-8-7-11-17(18)23-3/h4-12H,13-15H2,1-3H3. The third-order valence-corrected chi connectivity index (χ3v) is 5.57. The molecule has 6 heteroatoms. The normalized spacial score (nSPS) is 11.9. The molecular formula is C18H24N2O3S. The fraction of sp³-hybridized carbons (Fsp3) is 0.333. The van der Waals surface area contributed by atoms with Crippen molar-refractivity contribution in [3.05, 3.63) is 60.2 Å². The second-order valence-corrected chi connectivity index (χ2v) is 7.68. The zero-order chi connectivity index (χ0) is 17.6. The van der Waals surface area contributed by atoms with Gasteiger partial charge in [0, 0.05) is 19.6 Å². The monoisotopic (exact) mass is 348 g/mol. The van der Waals surface area contributed by atoms with Gasteiger partial charge >= 0.3 is 0 Å². The Morgan fingerprint density at radius 2 is 1.54 bits per heavy atom. The molecule has 0 heterocycles. The minimum Gasteiger partial charge on any atom is -0.495 e. The predicted octanol–water partition coefficient (Wildman–Crippen LogP) is 2.45. The quantitative estimate of drug-likeness (QED) is 0.735. The molecule has 0 bridgehead atoms. The molecule has 0 aliphatic heterocycles. The summed E-state index contributed by atoms with van der Waals surface area (Å²) in [6, 6.07) is 16.3. The second-order valence-electron chi connectivity index (χ2n) is 5.78. The number of hydrogen-bond donors (Lipinski definition) is 0. The van der Waals surface area contributed by atoms with E-state index in [4.69, 9.17) is 4.74 Å². The molecule has 0 saturated heterocycles. The summed E-state index contributed by atoms with van der Waals surface area (Å²) in [5, 5.41) is 0. The SMILES string of the molecule is COc1ccccc1S(=O)(=O)N(CCN(C)C)Cc1ccccc1. The van der Waals surface area contributed by atoms with Crippen molar-refractivity contribution in [3.63, 3.8) is 0 Å². The third-order valence-electron chi connectivity index (χ3n) is 3.69. The number of hydrogen-bond acceptors (Lipinski definition) is 4. The van der Waals surface area contributed by atoms with E-state index in [2.05, 4.69) is 0 Å². The van der Waals surface area contributed by atoms with Crippen LogP contribution in [0.15, 0.2) is 59.5 Å². The van der Waals surface area contributed by atoms with Crippen molar-refractivity contribution < 1.29 is 13.2 Å². The van der Waals surface area contributed by atoms with Crippen LogP contribution in [0.25, 0.3) is 0 Å². The van der Waals surface area contributed by atoms with Crippen LogP contribution in [0.1, 0.15) is 5.56 Å². The van der Waals surface area contributed by atoms with Crippen LogP contribution in [0, 0.1) is 0 Å². The Balaban J connectivity index is 2.37. The number of likely N-dealkylation sites (N-methyl/N-ethyl adjacent to an activating group) is 1. The first kappa shape index (κ1) is 18.4. The lowest BCUT2D eigenvalue weighted by Gasteiger charge is -2.24. The molecule has 2 rings (SSSR count). The summed E-state index contributed by atoms with van der Waals surface area (Å²) >= 11 is 0. The molecular weight excluding hydrogens is 324 g/mol. The number of methoxy groups -OCH3 is 1. The lowest BCUT2D eigenvalue weighted by Crippen LogP contribution is -2.36. The molecule has 2 aromatic rings. The molecule has 0 aliphatic rings. The fourth-order valence-electron chi connectivity index (χ4n) is 2.35. The molecule has 0 radical (unpaired) electrons. The lowest BCUT2D eigenvalue weighted by molar-refractivity contribution is 0.327. The summed E-state index contributed by atoms with van der Waals surface area (Å²) < 4.78 is 33.1. The molecule has 0 amide bonds. The van der Waals surface area contributed by atoms with Gasteiger partial charge in [-0.05, 0) is 31.8 Å². The van der Waals surface area contributed by atoms with E-state index in [1.54, 1.807) is 24.3 Å². The van der Waals surface area contributed by atoms with Crippen molar-refractivity contribution in [2.24, 2.45) is 0 Å². The van der Waals surface area contributed by atoms with Crippen molar-refractivity contribution in [3.8, 4) is 5.75 Å². The van der Waals surface area contributed by atoms with E-state index < -0.39 is 10.0 Å². The van der Waals surface area contributed by atoms with E-state index in [1.165, 1.54) is 11.4 Å². The van der Waals surface area contributed by atoms with Crippen molar-refractivity contribution >= 4 is 10.0 Å². The maximum Gasteiger partial charge on any atom is 0.247 e. The van der Waals surface area contributed by atoms with Crippen LogP contribution in [0.5, 0.6) is 5.75 Å². The van der Waals surface area contributed by atoms with Gasteiger partial charge in [0.15, 0.2) is 0 Å². The number of para-hydroxylation sites is 1. The fourth-order valence-corrected chi connectivity index (χ4v) is 3.93. The first-order chi connectivity index (χ1) is 11.4. The van der Waals surface area contributed by atoms with Crippen molar-refractivity contribution in [2.75, 3.05) is 34.3 Å². The first-order valence-electron chi connectivity index (χ1n) is 7.77. The molecule has 0 N–H and O–H groups in total. The van der Waals surface area contributed by atoms with Gasteiger partial charge in [-0.2, -0.15) is 4.31 Å². The van der Waals surface area contributed by atoms with Crippen molar-refractivity contribution in [2.45, 2.75) is 11.4 Å². The van der Waals surface area contributed by atoms with Gasteiger partial charge in [0.05, 0.1) is 7.11 Å². The highest BCUT2D eigenvalue weighted by molar-refractivity contribution is 7.89. The third kappa shape index (κ3) is 4.56. The summed E-state index contributed by atoms with van der Waals surface area (Å²) in [5.74, 6) is 0.361. The van der Waals surface area contributed by atoms with E-state index in [1.807, 2.05) is 49.3 Å². The number of benzene rings is 2. The van der Waals surface area contributed by atoms with Gasteiger partial charge in [0.2, 0.25) is 10.0 Å². The summed E-state index contributed by atoms with van der Waals surface area (Å²) in [5.41, 5.74) is 0.953. The Kier molecular flexibility index (Phi) is 6.36. The van der Waals surface area contributed by atoms with Crippen molar-refractivity contribution in [1.82, 2.24) is 9.21 Å². The molecule has 0 atom stereocenters. The van der Waals surface area contributed by atoms with E-state index in [9.17, 15) is 8.42 Å². The average molecular weight is 348 g/mol. The first-order valence-corrected chi connectivity index (χ1v) is 9.21. The van der Waals surface area contributed by atoms with Crippen LogP contribution >= 0.6 is 0 Å². The number of rotatable bonds is 8. The molecule has 0 fully saturated rings. The minimum atomic E-state index is -3.66. The van der Waals surface area contributed by atoms with Crippen LogP contribution in [0.4, 0.5) is 0 Å². The van der Waals surface area contributed by atoms with Gasteiger partial charge in [-0.15, -0.1) is 0 Å². The van der Waals surface area contributed by atoms with Crippen molar-refractivity contribution in [1.29, 1.82) is 0 Å². The highest BCUT2D eigenvalue weighted by Gasteiger charge is 2.27. The minimum absolute atomic E-state index is 0.196. The molecule has 0 spiro atoms. The van der Waals surface area contributed by atoms with Crippen LogP contribution < -0.4 is 4.74 Å². The summed E-state index contributed by atoms with van der Waals surface area (Å²) in [7, 11) is 1.68. The Hall–Kier alpha value is -1.89. The number of ether oxygens (including phenoxy) is 1. The maximum atomic E-state index is 13.2. The Labute approximate surface area is 144 Å². The van der Waals surface area contributed by atoms with E-state index in [0.717, 1.165) is 5.56 Å². The molecule has 5 nitrogen and oxygen atoms in total. The summed E-state index contributed by atoms with van der Waals surface area (Å²) in [6.45, 7) is 1.37. The zero-order valence-corrected chi connectivity index (χ0v) is 15.2. The topological polar surface area (TPSA) is 49.9 Å². The molecule has 0 saturated carbocycles. The highest BCUT2D eigenvalue weighted by atomic mass is 32.2. The average Bonchev–Trinajstić information content (AvgIpc) is 2.59. The Morgan fingerprint density at radius 1 is 0.917 bits per heavy atom. The predicted molar refractivity (Wildman–Crippen MR) is 95.6 cm³/mol. The maximum absolute atomic E-state index is 13.2. The van der Waals surface area contributed by atoms with Crippen LogP contribution in [-0.2, 0) is 16.6 Å². The van der Waals surface area contributed by atoms with Gasteiger partial charge in [-0.25, -0.2) is 8.42 Å². The summed E-state index contributed by atoms with van der Waals surface area (Å²) in [6.07, 6.45) is 0. The van der Waals surface area contributed by atoms with Gasteiger partial charge in [0.1, 0.15) is 10.6 Å². The van der Waals surface area contributed by atoms with Gasteiger partial charge in [0.25, 0.3) is 0 Å².